The maximum Gasteiger partial charge on any atom is 0.433 e. The number of furan rings is 1. The van der Waals surface area contributed by atoms with Crippen LogP contribution in [0.5, 0.6) is 0 Å². The van der Waals surface area contributed by atoms with E-state index in [1.54, 1.807) is 17.2 Å². The van der Waals surface area contributed by atoms with Crippen LogP contribution in [0.25, 0.3) is 0 Å². The van der Waals surface area contributed by atoms with Crippen LogP contribution in [0.4, 0.5) is 13.2 Å². The molecular formula is C10H8F3N3O2. The molecule has 0 aliphatic carbocycles. The Morgan fingerprint density at radius 1 is 1.50 bits per heavy atom. The summed E-state index contributed by atoms with van der Waals surface area (Å²) in [7, 11) is 0. The SMILES string of the molecule is O=C(NCc1ccco1)c1cn[nH]c1C(F)(F)F. The third-order valence-corrected chi connectivity index (χ3v) is 2.17. The number of nitrogens with one attached hydrogen (secondary N) is 2. The molecule has 0 unspecified atom stereocenters. The lowest BCUT2D eigenvalue weighted by molar-refractivity contribution is -0.141. The number of H-pyrrole nitrogens is 1. The highest BCUT2D eigenvalue weighted by Crippen LogP contribution is 2.29. The van der Waals surface area contributed by atoms with Gasteiger partial charge in [0.05, 0.1) is 24.6 Å². The van der Waals surface area contributed by atoms with Crippen molar-refractivity contribution in [1.82, 2.24) is 15.5 Å². The summed E-state index contributed by atoms with van der Waals surface area (Å²) >= 11 is 0. The van der Waals surface area contributed by atoms with Gasteiger partial charge in [0.1, 0.15) is 5.76 Å². The molecule has 2 heterocycles. The van der Waals surface area contributed by atoms with E-state index < -0.39 is 23.3 Å². The first-order chi connectivity index (χ1) is 8.48. The van der Waals surface area contributed by atoms with Gasteiger partial charge >= 0.3 is 6.18 Å². The molecule has 2 aromatic heterocycles. The van der Waals surface area contributed by atoms with Crippen molar-refractivity contribution in [2.24, 2.45) is 0 Å². The average Bonchev–Trinajstić information content (AvgIpc) is 2.95. The fourth-order valence-electron chi connectivity index (χ4n) is 1.35. The minimum atomic E-state index is -4.64. The molecule has 0 aromatic carbocycles. The second kappa shape index (κ2) is 4.55. The van der Waals surface area contributed by atoms with Crippen molar-refractivity contribution in [1.29, 1.82) is 0 Å². The van der Waals surface area contributed by atoms with E-state index in [0.29, 0.717) is 5.76 Å². The Labute approximate surface area is 99.0 Å². The van der Waals surface area contributed by atoms with Gasteiger partial charge < -0.3 is 9.73 Å². The molecule has 96 valence electrons. The van der Waals surface area contributed by atoms with Crippen molar-refractivity contribution in [3.8, 4) is 0 Å². The van der Waals surface area contributed by atoms with E-state index in [2.05, 4.69) is 10.4 Å². The van der Waals surface area contributed by atoms with Crippen LogP contribution in [-0.2, 0) is 12.7 Å². The Hall–Kier alpha value is -2.25. The van der Waals surface area contributed by atoms with E-state index >= 15 is 0 Å². The Morgan fingerprint density at radius 2 is 2.28 bits per heavy atom. The van der Waals surface area contributed by atoms with Gasteiger partial charge in [-0.25, -0.2) is 0 Å². The molecule has 0 spiro atoms. The lowest BCUT2D eigenvalue weighted by atomic mass is 10.2. The Balaban J connectivity index is 2.08. The predicted molar refractivity (Wildman–Crippen MR) is 53.5 cm³/mol. The molecule has 0 fully saturated rings. The first-order valence-corrected chi connectivity index (χ1v) is 4.89. The first-order valence-electron chi connectivity index (χ1n) is 4.89. The van der Waals surface area contributed by atoms with Crippen molar-refractivity contribution in [3.05, 3.63) is 41.6 Å². The largest absolute Gasteiger partial charge is 0.467 e. The lowest BCUT2D eigenvalue weighted by Gasteiger charge is -2.06. The summed E-state index contributed by atoms with van der Waals surface area (Å²) in [5.74, 6) is -0.423. The summed E-state index contributed by atoms with van der Waals surface area (Å²) in [4.78, 5) is 11.6. The van der Waals surface area contributed by atoms with E-state index in [1.165, 1.54) is 6.26 Å². The molecule has 2 rings (SSSR count). The van der Waals surface area contributed by atoms with E-state index in [4.69, 9.17) is 4.42 Å². The molecule has 1 amide bonds. The monoisotopic (exact) mass is 259 g/mol. The molecule has 18 heavy (non-hydrogen) atoms. The summed E-state index contributed by atoms with van der Waals surface area (Å²) in [5, 5.41) is 7.29. The fraction of sp³-hybridized carbons (Fsp3) is 0.200. The molecule has 0 bridgehead atoms. The summed E-state index contributed by atoms with van der Waals surface area (Å²) < 4.78 is 42.4. The molecule has 0 radical (unpaired) electrons. The third-order valence-electron chi connectivity index (χ3n) is 2.17. The maximum absolute atomic E-state index is 12.5. The maximum atomic E-state index is 12.5. The molecule has 8 heteroatoms. The highest BCUT2D eigenvalue weighted by molar-refractivity contribution is 5.95. The van der Waals surface area contributed by atoms with Gasteiger partial charge in [-0.3, -0.25) is 9.89 Å². The zero-order chi connectivity index (χ0) is 13.2. The van der Waals surface area contributed by atoms with Gasteiger partial charge in [0, 0.05) is 0 Å². The summed E-state index contributed by atoms with van der Waals surface area (Å²) in [6.07, 6.45) is -2.41. The quantitative estimate of drug-likeness (QED) is 0.885. The third kappa shape index (κ3) is 2.53. The van der Waals surface area contributed by atoms with Crippen molar-refractivity contribution in [2.75, 3.05) is 0 Å². The number of aromatic amines is 1. The molecule has 0 aliphatic heterocycles. The van der Waals surface area contributed by atoms with Gasteiger partial charge in [-0.15, -0.1) is 0 Å². The molecule has 0 saturated carbocycles. The molecular weight excluding hydrogens is 251 g/mol. The van der Waals surface area contributed by atoms with Gasteiger partial charge in [0.15, 0.2) is 5.69 Å². The van der Waals surface area contributed by atoms with Gasteiger partial charge in [-0.2, -0.15) is 18.3 Å². The van der Waals surface area contributed by atoms with Crippen molar-refractivity contribution in [3.63, 3.8) is 0 Å². The minimum absolute atomic E-state index is 0.00824. The Bertz CT molecular complexity index is 531. The van der Waals surface area contributed by atoms with Gasteiger partial charge in [-0.05, 0) is 12.1 Å². The first kappa shape index (κ1) is 12.2. The number of hydrogen-bond acceptors (Lipinski definition) is 3. The standard InChI is InChI=1S/C10H8F3N3O2/c11-10(12,13)8-7(5-15-16-8)9(17)14-4-6-2-1-3-18-6/h1-3,5H,4H2,(H,14,17)(H,15,16). The van der Waals surface area contributed by atoms with Crippen molar-refractivity contribution >= 4 is 5.91 Å². The fourth-order valence-corrected chi connectivity index (χ4v) is 1.35. The molecule has 0 atom stereocenters. The Morgan fingerprint density at radius 3 is 2.89 bits per heavy atom. The lowest BCUT2D eigenvalue weighted by Crippen LogP contribution is -2.25. The zero-order valence-corrected chi connectivity index (χ0v) is 8.91. The predicted octanol–water partition coefficient (Wildman–Crippen LogP) is 1.95. The smallest absolute Gasteiger partial charge is 0.433 e. The van der Waals surface area contributed by atoms with Crippen LogP contribution in [0.1, 0.15) is 21.8 Å². The Kier molecular flexibility index (Phi) is 3.09. The number of aromatic nitrogens is 2. The van der Waals surface area contributed by atoms with Crippen LogP contribution in [0.15, 0.2) is 29.0 Å². The van der Waals surface area contributed by atoms with Crippen molar-refractivity contribution < 1.29 is 22.4 Å². The molecule has 0 saturated heterocycles. The van der Waals surface area contributed by atoms with Gasteiger partial charge in [0.2, 0.25) is 0 Å². The van der Waals surface area contributed by atoms with Crippen LogP contribution in [0.2, 0.25) is 0 Å². The highest BCUT2D eigenvalue weighted by atomic mass is 19.4. The zero-order valence-electron chi connectivity index (χ0n) is 8.91. The van der Waals surface area contributed by atoms with Gasteiger partial charge in [-0.1, -0.05) is 0 Å². The van der Waals surface area contributed by atoms with Crippen LogP contribution in [-0.4, -0.2) is 16.1 Å². The molecule has 2 aromatic rings. The normalized spacial score (nSPS) is 11.5. The summed E-state index contributed by atoms with van der Waals surface area (Å²) in [6, 6.07) is 3.21. The number of amides is 1. The van der Waals surface area contributed by atoms with Crippen LogP contribution in [0, 0.1) is 0 Å². The molecule has 5 nitrogen and oxygen atoms in total. The highest BCUT2D eigenvalue weighted by Gasteiger charge is 2.37. The van der Waals surface area contributed by atoms with Crippen molar-refractivity contribution in [2.45, 2.75) is 12.7 Å². The number of halogens is 3. The number of nitrogens with zero attached hydrogens (tertiary/aromatic N) is 1. The summed E-state index contributed by atoms with van der Waals surface area (Å²) in [5.41, 5.74) is -1.71. The average molecular weight is 259 g/mol. The number of hydrogen-bond donors (Lipinski definition) is 2. The number of alkyl halides is 3. The number of carbonyl (C=O) groups excluding carboxylic acids is 1. The number of rotatable bonds is 3. The van der Waals surface area contributed by atoms with Gasteiger partial charge in [0.25, 0.3) is 5.91 Å². The van der Waals surface area contributed by atoms with E-state index in [0.717, 1.165) is 6.20 Å². The van der Waals surface area contributed by atoms with E-state index in [-0.39, 0.29) is 6.54 Å². The minimum Gasteiger partial charge on any atom is -0.467 e. The van der Waals surface area contributed by atoms with Crippen LogP contribution in [0.3, 0.4) is 0 Å². The second-order valence-corrected chi connectivity index (χ2v) is 3.42. The van der Waals surface area contributed by atoms with E-state index in [1.807, 2.05) is 0 Å². The van der Waals surface area contributed by atoms with Crippen LogP contribution < -0.4 is 5.32 Å². The van der Waals surface area contributed by atoms with Crippen LogP contribution >= 0.6 is 0 Å². The molecule has 2 N–H and O–H groups in total. The van der Waals surface area contributed by atoms with E-state index in [9.17, 15) is 18.0 Å². The summed E-state index contributed by atoms with van der Waals surface area (Å²) in [6.45, 7) is 0.00824. The second-order valence-electron chi connectivity index (χ2n) is 3.42. The topological polar surface area (TPSA) is 70.9 Å². The molecule has 0 aliphatic rings. The number of carbonyl (C=O) groups is 1.